The van der Waals surface area contributed by atoms with Gasteiger partial charge in [-0.15, -0.1) is 0 Å². The maximum absolute atomic E-state index is 14.4. The van der Waals surface area contributed by atoms with Crippen LogP contribution in [-0.4, -0.2) is 10.0 Å². The second-order valence-electron chi connectivity index (χ2n) is 10.4. The molecule has 0 fully saturated rings. The first-order chi connectivity index (χ1) is 20.1. The van der Waals surface area contributed by atoms with Gasteiger partial charge in [0.2, 0.25) is 11.2 Å². The van der Waals surface area contributed by atoms with Crippen molar-refractivity contribution in [1.29, 1.82) is 0 Å². The summed E-state index contributed by atoms with van der Waals surface area (Å²) in [5.41, 5.74) is 1.38. The summed E-state index contributed by atoms with van der Waals surface area (Å²) in [6.45, 7) is 4.65. The van der Waals surface area contributed by atoms with E-state index >= 15 is 0 Å². The Morgan fingerprint density at radius 1 is 0.810 bits per heavy atom. The number of hydrogen-bond donors (Lipinski definition) is 1. The molecular formula is C34H30F3NO4. The normalized spacial score (nSPS) is 11.9. The lowest BCUT2D eigenvalue weighted by molar-refractivity contribution is -0.154. The summed E-state index contributed by atoms with van der Waals surface area (Å²) >= 11 is 0. The summed E-state index contributed by atoms with van der Waals surface area (Å²) in [5, 5.41) is 10.8. The molecule has 0 aliphatic rings. The van der Waals surface area contributed by atoms with Crippen LogP contribution < -0.4 is 10.2 Å². The second-order valence-corrected chi connectivity index (χ2v) is 10.4. The van der Waals surface area contributed by atoms with Crippen molar-refractivity contribution in [3.63, 3.8) is 0 Å². The first-order valence-electron chi connectivity index (χ1n) is 13.6. The van der Waals surface area contributed by atoms with Crippen LogP contribution in [0.3, 0.4) is 0 Å². The molecule has 1 aromatic heterocycles. The van der Waals surface area contributed by atoms with E-state index in [2.05, 4.69) is 0 Å². The van der Waals surface area contributed by atoms with Gasteiger partial charge in [0.1, 0.15) is 17.1 Å². The van der Waals surface area contributed by atoms with Crippen LogP contribution in [0.4, 0.5) is 13.2 Å². The van der Waals surface area contributed by atoms with Crippen LogP contribution in [-0.2, 0) is 25.8 Å². The second kappa shape index (κ2) is 12.1. The Hall–Kier alpha value is -4.56. The number of phenols is 1. The van der Waals surface area contributed by atoms with Gasteiger partial charge in [-0.1, -0.05) is 92.7 Å². The van der Waals surface area contributed by atoms with Crippen LogP contribution in [0.5, 0.6) is 17.2 Å². The molecule has 42 heavy (non-hydrogen) atoms. The Labute approximate surface area is 241 Å². The molecule has 0 aliphatic carbocycles. The zero-order valence-corrected chi connectivity index (χ0v) is 23.2. The van der Waals surface area contributed by atoms with Crippen molar-refractivity contribution in [1.82, 2.24) is 4.90 Å². The smallest absolute Gasteiger partial charge is 0.453 e. The Balaban J connectivity index is 1.63. The summed E-state index contributed by atoms with van der Waals surface area (Å²) in [4.78, 5) is 15.6. The van der Waals surface area contributed by atoms with Gasteiger partial charge in [-0.2, -0.15) is 13.2 Å². The third-order valence-corrected chi connectivity index (χ3v) is 6.99. The molecule has 4 aromatic carbocycles. The van der Waals surface area contributed by atoms with Crippen molar-refractivity contribution >= 4 is 11.0 Å². The van der Waals surface area contributed by atoms with Gasteiger partial charge in [0.05, 0.1) is 10.9 Å². The van der Waals surface area contributed by atoms with Gasteiger partial charge in [0, 0.05) is 19.6 Å². The van der Waals surface area contributed by atoms with E-state index in [0.29, 0.717) is 18.7 Å². The molecule has 0 bridgehead atoms. The molecule has 1 N–H and O–H groups in total. The quantitative estimate of drug-likeness (QED) is 0.191. The molecule has 5 rings (SSSR count). The number of nitrogens with zero attached hydrogens (tertiary/aromatic N) is 1. The Bertz CT molecular complexity index is 1690. The molecule has 5 aromatic rings. The molecule has 0 spiro atoms. The number of alkyl halides is 3. The first-order valence-corrected chi connectivity index (χ1v) is 13.6. The number of benzene rings is 4. The van der Waals surface area contributed by atoms with Crippen LogP contribution in [0.1, 0.15) is 47.8 Å². The molecular weight excluding hydrogens is 543 g/mol. The minimum absolute atomic E-state index is 0.0174. The Morgan fingerprint density at radius 2 is 1.38 bits per heavy atom. The van der Waals surface area contributed by atoms with E-state index in [1.807, 2.05) is 79.4 Å². The minimum atomic E-state index is -5.04. The number of para-hydroxylation sites is 1. The van der Waals surface area contributed by atoms with Gasteiger partial charge in [-0.3, -0.25) is 9.69 Å². The van der Waals surface area contributed by atoms with Crippen molar-refractivity contribution in [3.8, 4) is 17.2 Å². The van der Waals surface area contributed by atoms with Gasteiger partial charge in [0.25, 0.3) is 5.76 Å². The number of rotatable bonds is 9. The highest BCUT2D eigenvalue weighted by Gasteiger charge is 2.41. The molecule has 216 valence electrons. The van der Waals surface area contributed by atoms with E-state index in [1.165, 1.54) is 18.2 Å². The van der Waals surface area contributed by atoms with Crippen LogP contribution in [0, 0.1) is 0 Å². The average molecular weight is 574 g/mol. The number of fused-ring (bicyclic) bond motifs is 1. The molecule has 0 aliphatic heterocycles. The van der Waals surface area contributed by atoms with Crippen molar-refractivity contribution in [2.75, 3.05) is 0 Å². The number of ether oxygens (including phenoxy) is 1. The van der Waals surface area contributed by atoms with E-state index in [9.17, 15) is 23.1 Å². The van der Waals surface area contributed by atoms with Crippen LogP contribution >= 0.6 is 0 Å². The highest BCUT2D eigenvalue weighted by Crippen LogP contribution is 2.41. The fraction of sp³-hybridized carbons (Fsp3) is 0.206. The fourth-order valence-corrected chi connectivity index (χ4v) is 4.95. The van der Waals surface area contributed by atoms with Gasteiger partial charge >= 0.3 is 6.18 Å². The highest BCUT2D eigenvalue weighted by molar-refractivity contribution is 5.83. The van der Waals surface area contributed by atoms with E-state index in [4.69, 9.17) is 9.15 Å². The lowest BCUT2D eigenvalue weighted by atomic mass is 10.0. The van der Waals surface area contributed by atoms with Gasteiger partial charge in [0.15, 0.2) is 0 Å². The number of aromatic hydroxyl groups is 1. The maximum Gasteiger partial charge on any atom is 0.453 e. The number of halogens is 3. The molecule has 1 heterocycles. The van der Waals surface area contributed by atoms with Crippen LogP contribution in [0.15, 0.2) is 106 Å². The third-order valence-electron chi connectivity index (χ3n) is 6.99. The number of phenolic OH excluding ortho intramolecular Hbond substituents is 1. The molecule has 0 saturated carbocycles. The van der Waals surface area contributed by atoms with Crippen molar-refractivity contribution in [3.05, 3.63) is 135 Å². The SMILES string of the molecule is CC(C)c1ccccc1Oc1c(C(F)(F)F)oc2c(CN(Cc3ccccc3)Cc3ccccc3)c(O)ccc2c1=O. The average Bonchev–Trinajstić information content (AvgIpc) is 2.96. The largest absolute Gasteiger partial charge is 0.507 e. The Morgan fingerprint density at radius 3 is 1.95 bits per heavy atom. The van der Waals surface area contributed by atoms with E-state index in [1.54, 1.807) is 18.2 Å². The Kier molecular flexibility index (Phi) is 8.36. The summed E-state index contributed by atoms with van der Waals surface area (Å²) in [5.74, 6) is -2.69. The summed E-state index contributed by atoms with van der Waals surface area (Å²) < 4.78 is 54.4. The summed E-state index contributed by atoms with van der Waals surface area (Å²) in [6, 6.07) is 28.4. The maximum atomic E-state index is 14.4. The monoisotopic (exact) mass is 573 g/mol. The molecule has 5 nitrogen and oxygen atoms in total. The van der Waals surface area contributed by atoms with E-state index < -0.39 is 23.1 Å². The molecule has 0 amide bonds. The minimum Gasteiger partial charge on any atom is -0.507 e. The van der Waals surface area contributed by atoms with Gasteiger partial charge in [-0.25, -0.2) is 0 Å². The molecule has 0 unspecified atom stereocenters. The molecule has 0 atom stereocenters. The predicted molar refractivity (Wildman–Crippen MR) is 156 cm³/mol. The summed E-state index contributed by atoms with van der Waals surface area (Å²) in [6.07, 6.45) is -5.04. The van der Waals surface area contributed by atoms with E-state index in [0.717, 1.165) is 11.1 Å². The summed E-state index contributed by atoms with van der Waals surface area (Å²) in [7, 11) is 0. The van der Waals surface area contributed by atoms with Crippen molar-refractivity contribution in [2.24, 2.45) is 0 Å². The zero-order chi connectivity index (χ0) is 29.9. The standard InChI is InChI=1S/C34H30F3NO4/c1-22(2)25-15-9-10-16-29(25)41-32-30(40)26-17-18-28(39)27(31(26)42-33(32)34(35,36)37)21-38(19-23-11-5-3-6-12-23)20-24-13-7-4-8-14-24/h3-18,22,39H,19-21H2,1-2H3. The van der Waals surface area contributed by atoms with Crippen LogP contribution in [0.2, 0.25) is 0 Å². The molecule has 0 saturated heterocycles. The van der Waals surface area contributed by atoms with Crippen LogP contribution in [0.25, 0.3) is 11.0 Å². The van der Waals surface area contributed by atoms with E-state index in [-0.39, 0.29) is 40.5 Å². The highest BCUT2D eigenvalue weighted by atomic mass is 19.4. The first kappa shape index (κ1) is 29.0. The lowest BCUT2D eigenvalue weighted by Crippen LogP contribution is -2.23. The molecule has 8 heteroatoms. The van der Waals surface area contributed by atoms with Crippen molar-refractivity contribution < 1.29 is 27.4 Å². The zero-order valence-electron chi connectivity index (χ0n) is 23.2. The van der Waals surface area contributed by atoms with Crippen molar-refractivity contribution in [2.45, 2.75) is 45.6 Å². The lowest BCUT2D eigenvalue weighted by Gasteiger charge is -2.24. The van der Waals surface area contributed by atoms with Gasteiger partial charge < -0.3 is 14.3 Å². The predicted octanol–water partition coefficient (Wildman–Crippen LogP) is 8.64. The topological polar surface area (TPSA) is 62.9 Å². The molecule has 0 radical (unpaired) electrons. The fourth-order valence-electron chi connectivity index (χ4n) is 4.95. The number of hydrogen-bond acceptors (Lipinski definition) is 5. The third kappa shape index (κ3) is 6.34. The van der Waals surface area contributed by atoms with Gasteiger partial charge in [-0.05, 0) is 40.8 Å².